The van der Waals surface area contributed by atoms with Crippen molar-refractivity contribution in [1.82, 2.24) is 0 Å². The van der Waals surface area contributed by atoms with Crippen LogP contribution in [0.1, 0.15) is 31.8 Å². The summed E-state index contributed by atoms with van der Waals surface area (Å²) in [5.74, 6) is -3.89. The van der Waals surface area contributed by atoms with E-state index in [4.69, 9.17) is 9.47 Å². The van der Waals surface area contributed by atoms with Crippen molar-refractivity contribution < 1.29 is 29.3 Å². The number of cyclic esters (lactones) is 1. The predicted octanol–water partition coefficient (Wildman–Crippen LogP) is 3.85. The van der Waals surface area contributed by atoms with E-state index in [1.165, 1.54) is 13.2 Å². The molecule has 0 radical (unpaired) electrons. The molecule has 0 amide bonds. The minimum absolute atomic E-state index is 0.137. The number of carbonyl (C=O) groups excluding carboxylic acids is 2. The molecule has 0 spiro atoms. The van der Waals surface area contributed by atoms with Crippen LogP contribution in [0.2, 0.25) is 0 Å². The van der Waals surface area contributed by atoms with E-state index >= 15 is 0 Å². The number of hydrogen-bond acceptors (Lipinski definition) is 6. The van der Waals surface area contributed by atoms with Gasteiger partial charge in [0.25, 0.3) is 5.79 Å². The van der Waals surface area contributed by atoms with Crippen LogP contribution in [0.3, 0.4) is 0 Å². The second-order valence-corrected chi connectivity index (χ2v) is 7.10. The molecular formula is C24H16O6. The molecule has 4 aromatic carbocycles. The van der Waals surface area contributed by atoms with Crippen molar-refractivity contribution >= 4 is 33.5 Å². The van der Waals surface area contributed by atoms with Crippen LogP contribution in [0.15, 0.2) is 66.7 Å². The summed E-state index contributed by atoms with van der Waals surface area (Å²) in [6, 6.07) is 18.5. The average molecular weight is 400 g/mol. The zero-order valence-electron chi connectivity index (χ0n) is 15.9. The summed E-state index contributed by atoms with van der Waals surface area (Å²) in [7, 11) is 1.20. The summed E-state index contributed by atoms with van der Waals surface area (Å²) < 4.78 is 10.4. The van der Waals surface area contributed by atoms with Gasteiger partial charge in [0.15, 0.2) is 0 Å². The van der Waals surface area contributed by atoms with Crippen molar-refractivity contribution in [2.24, 2.45) is 0 Å². The average Bonchev–Trinajstić information content (AvgIpc) is 2.77. The van der Waals surface area contributed by atoms with Crippen molar-refractivity contribution in [3.63, 3.8) is 0 Å². The summed E-state index contributed by atoms with van der Waals surface area (Å²) >= 11 is 0. The Balaban J connectivity index is 1.91. The SMILES string of the molecule is COC(=O)c1cc(C2(O)OC(=O)c3cccc4cccc2c34)c2ccccc2c1O. The molecule has 4 aromatic rings. The Morgan fingerprint density at radius 2 is 1.67 bits per heavy atom. The maximum Gasteiger partial charge on any atom is 0.341 e. The molecule has 0 aliphatic carbocycles. The number of ether oxygens (including phenoxy) is 2. The first-order valence-electron chi connectivity index (χ1n) is 9.27. The Morgan fingerprint density at radius 1 is 0.967 bits per heavy atom. The maximum absolute atomic E-state index is 12.8. The van der Waals surface area contributed by atoms with Crippen LogP contribution < -0.4 is 0 Å². The fraction of sp³-hybridized carbons (Fsp3) is 0.0833. The van der Waals surface area contributed by atoms with E-state index in [0.29, 0.717) is 27.3 Å². The quantitative estimate of drug-likeness (QED) is 0.497. The van der Waals surface area contributed by atoms with Crippen LogP contribution in [0.5, 0.6) is 5.75 Å². The highest BCUT2D eigenvalue weighted by Gasteiger charge is 2.44. The number of methoxy groups -OCH3 is 1. The van der Waals surface area contributed by atoms with Crippen molar-refractivity contribution in [1.29, 1.82) is 0 Å². The zero-order valence-corrected chi connectivity index (χ0v) is 15.9. The number of benzene rings is 4. The molecule has 1 heterocycles. The molecule has 1 aliphatic heterocycles. The summed E-state index contributed by atoms with van der Waals surface area (Å²) in [5.41, 5.74) is 0.749. The van der Waals surface area contributed by atoms with Gasteiger partial charge in [-0.25, -0.2) is 9.59 Å². The summed E-state index contributed by atoms with van der Waals surface area (Å²) in [6.07, 6.45) is 0. The lowest BCUT2D eigenvalue weighted by Crippen LogP contribution is -2.37. The first-order chi connectivity index (χ1) is 14.5. The molecule has 1 aliphatic rings. The highest BCUT2D eigenvalue weighted by atomic mass is 16.7. The van der Waals surface area contributed by atoms with Crippen LogP contribution in [-0.2, 0) is 15.3 Å². The summed E-state index contributed by atoms with van der Waals surface area (Å²) in [6.45, 7) is 0. The van der Waals surface area contributed by atoms with E-state index in [0.717, 1.165) is 5.39 Å². The molecule has 2 N–H and O–H groups in total. The number of aliphatic hydroxyl groups is 1. The fourth-order valence-electron chi connectivity index (χ4n) is 4.14. The first-order valence-corrected chi connectivity index (χ1v) is 9.27. The van der Waals surface area contributed by atoms with E-state index in [1.54, 1.807) is 48.5 Å². The fourth-order valence-corrected chi connectivity index (χ4v) is 4.14. The van der Waals surface area contributed by atoms with Gasteiger partial charge in [0.1, 0.15) is 11.3 Å². The molecule has 6 heteroatoms. The Labute approximate surface area is 170 Å². The van der Waals surface area contributed by atoms with Crippen LogP contribution in [0, 0.1) is 0 Å². The van der Waals surface area contributed by atoms with Crippen LogP contribution >= 0.6 is 0 Å². The Hall–Kier alpha value is -3.90. The van der Waals surface area contributed by atoms with Gasteiger partial charge in [-0.1, -0.05) is 54.6 Å². The van der Waals surface area contributed by atoms with Gasteiger partial charge < -0.3 is 19.7 Å². The van der Waals surface area contributed by atoms with E-state index in [1.807, 2.05) is 12.1 Å². The number of phenols is 1. The lowest BCUT2D eigenvalue weighted by atomic mass is 9.85. The lowest BCUT2D eigenvalue weighted by Gasteiger charge is -2.34. The maximum atomic E-state index is 12.8. The van der Waals surface area contributed by atoms with Crippen LogP contribution in [-0.4, -0.2) is 29.3 Å². The smallest absolute Gasteiger partial charge is 0.341 e. The van der Waals surface area contributed by atoms with Crippen molar-refractivity contribution in [3.05, 3.63) is 89.0 Å². The topological polar surface area (TPSA) is 93.1 Å². The normalized spacial score (nSPS) is 17.7. The molecule has 1 unspecified atom stereocenters. The monoisotopic (exact) mass is 400 g/mol. The number of fused-ring (bicyclic) bond motifs is 1. The molecule has 0 fully saturated rings. The Morgan fingerprint density at radius 3 is 2.40 bits per heavy atom. The Kier molecular flexibility index (Phi) is 3.81. The number of carbonyl (C=O) groups is 2. The second kappa shape index (κ2) is 6.30. The van der Waals surface area contributed by atoms with E-state index in [2.05, 4.69) is 0 Å². The third kappa shape index (κ3) is 2.34. The highest BCUT2D eigenvalue weighted by molar-refractivity contribution is 6.09. The lowest BCUT2D eigenvalue weighted by molar-refractivity contribution is -0.140. The van der Waals surface area contributed by atoms with Crippen molar-refractivity contribution in [3.8, 4) is 5.75 Å². The second-order valence-electron chi connectivity index (χ2n) is 7.10. The molecule has 0 saturated heterocycles. The molecule has 148 valence electrons. The van der Waals surface area contributed by atoms with Crippen molar-refractivity contribution in [2.45, 2.75) is 5.79 Å². The van der Waals surface area contributed by atoms with Gasteiger partial charge in [0.2, 0.25) is 0 Å². The molecule has 30 heavy (non-hydrogen) atoms. The minimum Gasteiger partial charge on any atom is -0.506 e. The molecule has 6 nitrogen and oxygen atoms in total. The molecule has 0 bridgehead atoms. The van der Waals surface area contributed by atoms with Gasteiger partial charge >= 0.3 is 11.9 Å². The van der Waals surface area contributed by atoms with Gasteiger partial charge in [0, 0.05) is 21.9 Å². The first kappa shape index (κ1) is 18.1. The minimum atomic E-state index is -2.17. The number of aromatic hydroxyl groups is 1. The van der Waals surface area contributed by atoms with E-state index in [-0.39, 0.29) is 16.9 Å². The third-order valence-corrected chi connectivity index (χ3v) is 5.52. The molecule has 0 saturated carbocycles. The van der Waals surface area contributed by atoms with Crippen LogP contribution in [0.4, 0.5) is 0 Å². The van der Waals surface area contributed by atoms with Gasteiger partial charge in [-0.2, -0.15) is 0 Å². The number of phenolic OH excluding ortho intramolecular Hbond substituents is 1. The number of esters is 2. The largest absolute Gasteiger partial charge is 0.506 e. The number of hydrogen-bond donors (Lipinski definition) is 2. The standard InChI is InChI=1S/C24H16O6/c1-29-22(26)17-12-19(14-8-2-3-9-15(14)21(17)25)24(28)18-11-5-7-13-6-4-10-16(20(13)18)23(27)30-24/h2-12,25,28H,1H3. The van der Waals surface area contributed by atoms with Crippen LogP contribution in [0.25, 0.3) is 21.5 Å². The van der Waals surface area contributed by atoms with Gasteiger partial charge in [-0.15, -0.1) is 0 Å². The summed E-state index contributed by atoms with van der Waals surface area (Å²) in [5, 5.41) is 24.5. The van der Waals surface area contributed by atoms with Gasteiger partial charge in [0.05, 0.1) is 12.7 Å². The molecular weight excluding hydrogens is 384 g/mol. The van der Waals surface area contributed by atoms with E-state index in [9.17, 15) is 19.8 Å². The zero-order chi connectivity index (χ0) is 21.0. The van der Waals surface area contributed by atoms with Crippen molar-refractivity contribution in [2.75, 3.05) is 7.11 Å². The predicted molar refractivity (Wildman–Crippen MR) is 109 cm³/mol. The Bertz CT molecular complexity index is 1370. The third-order valence-electron chi connectivity index (χ3n) is 5.52. The van der Waals surface area contributed by atoms with E-state index < -0.39 is 17.7 Å². The molecule has 5 rings (SSSR count). The number of rotatable bonds is 2. The van der Waals surface area contributed by atoms with Gasteiger partial charge in [-0.05, 0) is 22.9 Å². The highest BCUT2D eigenvalue weighted by Crippen LogP contribution is 2.45. The molecule has 0 aromatic heterocycles. The summed E-state index contributed by atoms with van der Waals surface area (Å²) in [4.78, 5) is 25.1. The van der Waals surface area contributed by atoms with Gasteiger partial charge in [-0.3, -0.25) is 0 Å². The molecule has 1 atom stereocenters.